The van der Waals surface area contributed by atoms with E-state index < -0.39 is 29.8 Å². The van der Waals surface area contributed by atoms with E-state index in [2.05, 4.69) is 0 Å². The van der Waals surface area contributed by atoms with E-state index in [9.17, 15) is 10.1 Å². The van der Waals surface area contributed by atoms with Gasteiger partial charge in [0, 0.05) is 10.2 Å². The number of ether oxygens (including phenoxy) is 4. The highest BCUT2D eigenvalue weighted by Crippen LogP contribution is 2.39. The van der Waals surface area contributed by atoms with Crippen LogP contribution in [0, 0.1) is 10.1 Å². The monoisotopic (exact) mass is 577 g/mol. The van der Waals surface area contributed by atoms with E-state index in [1.165, 1.54) is 6.42 Å². The molecule has 218 valence electrons. The van der Waals surface area contributed by atoms with Crippen molar-refractivity contribution >= 4 is 11.8 Å². The maximum Gasteiger partial charge on any atom is 0.276 e. The molecule has 1 saturated heterocycles. The van der Waals surface area contributed by atoms with Crippen molar-refractivity contribution in [2.24, 2.45) is 0 Å². The van der Waals surface area contributed by atoms with Crippen molar-refractivity contribution in [1.29, 1.82) is 0 Å². The van der Waals surface area contributed by atoms with Gasteiger partial charge in [0.1, 0.15) is 12.2 Å². The molecule has 2 aliphatic rings. The van der Waals surface area contributed by atoms with Gasteiger partial charge in [-0.2, -0.15) is 0 Å². The molecule has 2 fully saturated rings. The summed E-state index contributed by atoms with van der Waals surface area (Å²) in [5, 5.41) is 13.0. The number of nitro groups is 1. The van der Waals surface area contributed by atoms with Gasteiger partial charge in [0.05, 0.1) is 26.4 Å². The van der Waals surface area contributed by atoms with Gasteiger partial charge in [0.2, 0.25) is 0 Å². The van der Waals surface area contributed by atoms with Crippen LogP contribution in [0.2, 0.25) is 0 Å². The third kappa shape index (κ3) is 8.63. The summed E-state index contributed by atoms with van der Waals surface area (Å²) in [6, 6.07) is 28.5. The van der Waals surface area contributed by atoms with Crippen LogP contribution < -0.4 is 0 Å². The van der Waals surface area contributed by atoms with Crippen molar-refractivity contribution < 1.29 is 23.9 Å². The van der Waals surface area contributed by atoms with Crippen molar-refractivity contribution in [3.63, 3.8) is 0 Å². The zero-order chi connectivity index (χ0) is 28.3. The molecule has 1 aliphatic carbocycles. The molecule has 5 rings (SSSR count). The molecule has 1 saturated carbocycles. The summed E-state index contributed by atoms with van der Waals surface area (Å²) < 4.78 is 25.6. The van der Waals surface area contributed by atoms with E-state index in [1.54, 1.807) is 11.8 Å². The zero-order valence-corrected chi connectivity index (χ0v) is 24.1. The lowest BCUT2D eigenvalue weighted by Crippen LogP contribution is -2.62. The second-order valence-electron chi connectivity index (χ2n) is 10.7. The summed E-state index contributed by atoms with van der Waals surface area (Å²) in [5.74, 6) is 0. The molecule has 0 amide bonds. The number of benzene rings is 3. The molecule has 1 aliphatic heterocycles. The Morgan fingerprint density at radius 2 is 1.24 bits per heavy atom. The van der Waals surface area contributed by atoms with Gasteiger partial charge in [0.15, 0.2) is 11.5 Å². The van der Waals surface area contributed by atoms with Crippen molar-refractivity contribution in [3.05, 3.63) is 118 Å². The molecule has 0 N–H and O–H groups in total. The normalized spacial score (nSPS) is 25.1. The van der Waals surface area contributed by atoms with Gasteiger partial charge in [-0.15, -0.1) is 11.8 Å². The van der Waals surface area contributed by atoms with E-state index in [1.807, 2.05) is 91.0 Å². The Balaban J connectivity index is 1.40. The van der Waals surface area contributed by atoms with Crippen LogP contribution in [0.4, 0.5) is 0 Å². The summed E-state index contributed by atoms with van der Waals surface area (Å²) in [6.45, 7) is 1.20. The maximum absolute atomic E-state index is 12.7. The highest BCUT2D eigenvalue weighted by atomic mass is 32.2. The maximum atomic E-state index is 12.7. The van der Waals surface area contributed by atoms with Gasteiger partial charge in [-0.1, -0.05) is 110 Å². The standard InChI is InChI=1S/C33H39NO6S/c35-34(36)30-32(39-23-27-17-9-3-10-18-27)31(38-22-26-15-7-2-8-16-26)29(24-37-21-25-13-5-1-6-14-25)40-33(30)41-28-19-11-4-12-20-28/h1-3,5-10,13-18,28-33H,4,11-12,19-24H2/t29-,30-,31-,32-,33?/m1/s1. The van der Waals surface area contributed by atoms with Gasteiger partial charge in [0.25, 0.3) is 6.04 Å². The van der Waals surface area contributed by atoms with Crippen LogP contribution >= 0.6 is 11.8 Å². The van der Waals surface area contributed by atoms with E-state index in [0.717, 1.165) is 42.4 Å². The predicted octanol–water partition coefficient (Wildman–Crippen LogP) is 6.81. The van der Waals surface area contributed by atoms with Crippen LogP contribution in [-0.2, 0) is 38.8 Å². The van der Waals surface area contributed by atoms with Gasteiger partial charge < -0.3 is 18.9 Å². The van der Waals surface area contributed by atoms with E-state index in [4.69, 9.17) is 18.9 Å². The number of nitrogens with zero attached hydrogens (tertiary/aromatic N) is 1. The Hall–Kier alpha value is -2.75. The Morgan fingerprint density at radius 3 is 1.78 bits per heavy atom. The third-order valence-electron chi connectivity index (χ3n) is 7.70. The van der Waals surface area contributed by atoms with Crippen molar-refractivity contribution in [2.45, 2.75) is 87.0 Å². The van der Waals surface area contributed by atoms with Gasteiger partial charge in [-0.25, -0.2) is 0 Å². The van der Waals surface area contributed by atoms with Crippen molar-refractivity contribution in [3.8, 4) is 0 Å². The average Bonchev–Trinajstić information content (AvgIpc) is 3.01. The van der Waals surface area contributed by atoms with Gasteiger partial charge in [-0.05, 0) is 29.5 Å². The second kappa shape index (κ2) is 15.5. The van der Waals surface area contributed by atoms with Crippen molar-refractivity contribution in [1.82, 2.24) is 0 Å². The first-order valence-electron chi connectivity index (χ1n) is 14.5. The van der Waals surface area contributed by atoms with E-state index in [-0.39, 0.29) is 18.1 Å². The minimum absolute atomic E-state index is 0.226. The first kappa shape index (κ1) is 29.7. The highest BCUT2D eigenvalue weighted by Gasteiger charge is 2.54. The lowest BCUT2D eigenvalue weighted by atomic mass is 9.97. The number of hydrogen-bond acceptors (Lipinski definition) is 7. The molecule has 3 aromatic rings. The first-order chi connectivity index (χ1) is 20.2. The smallest absolute Gasteiger partial charge is 0.276 e. The average molecular weight is 578 g/mol. The molecule has 7 nitrogen and oxygen atoms in total. The molecule has 1 heterocycles. The lowest BCUT2D eigenvalue weighted by Gasteiger charge is -2.43. The minimum Gasteiger partial charge on any atom is -0.374 e. The molecule has 1 unspecified atom stereocenters. The third-order valence-corrected chi connectivity index (χ3v) is 9.22. The largest absolute Gasteiger partial charge is 0.374 e. The number of hydrogen-bond donors (Lipinski definition) is 0. The Morgan fingerprint density at radius 1 is 0.732 bits per heavy atom. The summed E-state index contributed by atoms with van der Waals surface area (Å²) in [6.07, 6.45) is 3.58. The fourth-order valence-electron chi connectivity index (χ4n) is 5.54. The van der Waals surface area contributed by atoms with Crippen LogP contribution in [0.3, 0.4) is 0 Å². The number of rotatable bonds is 13. The molecule has 41 heavy (non-hydrogen) atoms. The highest BCUT2D eigenvalue weighted by molar-refractivity contribution is 8.00. The molecule has 0 spiro atoms. The topological polar surface area (TPSA) is 80.1 Å². The Labute approximate surface area is 246 Å². The fraction of sp³-hybridized carbons (Fsp3) is 0.455. The van der Waals surface area contributed by atoms with Crippen LogP contribution in [0.15, 0.2) is 91.0 Å². The molecule has 0 radical (unpaired) electrons. The van der Waals surface area contributed by atoms with Crippen LogP contribution in [-0.4, -0.2) is 46.6 Å². The summed E-state index contributed by atoms with van der Waals surface area (Å²) in [5.41, 5.74) is 2.33. The van der Waals surface area contributed by atoms with Gasteiger partial charge >= 0.3 is 0 Å². The van der Waals surface area contributed by atoms with Crippen LogP contribution in [0.5, 0.6) is 0 Å². The Bertz CT molecular complexity index is 1180. The quantitative estimate of drug-likeness (QED) is 0.163. The van der Waals surface area contributed by atoms with E-state index >= 15 is 0 Å². The van der Waals surface area contributed by atoms with Crippen molar-refractivity contribution in [2.75, 3.05) is 6.61 Å². The summed E-state index contributed by atoms with van der Waals surface area (Å²) in [4.78, 5) is 12.5. The SMILES string of the molecule is O=[N+]([O-])[C@H]1C(SC2CCCCC2)O[C@H](COCc2ccccc2)[C@@H](OCc2ccccc2)[C@@H]1OCc1ccccc1. The molecule has 0 aromatic heterocycles. The molecule has 8 heteroatoms. The molecule has 5 atom stereocenters. The molecule has 3 aromatic carbocycles. The zero-order valence-electron chi connectivity index (χ0n) is 23.3. The van der Waals surface area contributed by atoms with Gasteiger partial charge in [-0.3, -0.25) is 10.1 Å². The van der Waals surface area contributed by atoms with Crippen LogP contribution in [0.1, 0.15) is 48.8 Å². The summed E-state index contributed by atoms with van der Waals surface area (Å²) in [7, 11) is 0. The molecular weight excluding hydrogens is 538 g/mol. The Kier molecular flexibility index (Phi) is 11.2. The van der Waals surface area contributed by atoms with E-state index in [0.29, 0.717) is 18.5 Å². The van der Waals surface area contributed by atoms with Crippen LogP contribution in [0.25, 0.3) is 0 Å². The summed E-state index contributed by atoms with van der Waals surface area (Å²) >= 11 is 1.60. The lowest BCUT2D eigenvalue weighted by molar-refractivity contribution is -0.555. The number of thioether (sulfide) groups is 1. The minimum atomic E-state index is -1.07. The predicted molar refractivity (Wildman–Crippen MR) is 160 cm³/mol. The molecular formula is C33H39NO6S. The molecule has 0 bridgehead atoms. The first-order valence-corrected chi connectivity index (χ1v) is 15.5. The second-order valence-corrected chi connectivity index (χ2v) is 12.1. The fourth-order valence-corrected chi connectivity index (χ4v) is 7.15.